The van der Waals surface area contributed by atoms with E-state index in [1.54, 1.807) is 0 Å². The van der Waals surface area contributed by atoms with Crippen LogP contribution >= 0.6 is 11.8 Å². The molecule has 3 aliphatic heterocycles. The second-order valence-electron chi connectivity index (χ2n) is 8.20. The van der Waals surface area contributed by atoms with Gasteiger partial charge in [0.25, 0.3) is 0 Å². The van der Waals surface area contributed by atoms with Gasteiger partial charge in [-0.1, -0.05) is 31.0 Å². The number of carbonyl (C=O) groups is 1. The number of amidine groups is 1. The van der Waals surface area contributed by atoms with Crippen molar-refractivity contribution in [2.75, 3.05) is 23.2 Å². The summed E-state index contributed by atoms with van der Waals surface area (Å²) in [6, 6.07) is 5.33. The summed E-state index contributed by atoms with van der Waals surface area (Å²) in [5.74, 6) is 1.82. The van der Waals surface area contributed by atoms with Gasteiger partial charge in [0, 0.05) is 23.4 Å². The Hall–Kier alpha value is -1.74. The van der Waals surface area contributed by atoms with Gasteiger partial charge in [-0.3, -0.25) is 4.79 Å². The molecule has 156 valence electrons. The molecule has 0 radical (unpaired) electrons. The standard InChI is InChI=1S/C20H24N2O5S2/c23-19(8-13-4-2-1-3-5-13)21-20-22(15-10-29(24,25)11-18(15)28-20)14-6-7-16-17(9-14)27-12-26-16/h6-7,9,13,15,18H,1-5,8,10-12H2/t15-,18-/m0/s1. The van der Waals surface area contributed by atoms with E-state index in [-0.39, 0.29) is 35.5 Å². The number of benzene rings is 1. The molecule has 0 unspecified atom stereocenters. The van der Waals surface area contributed by atoms with Crippen molar-refractivity contribution >= 4 is 38.4 Å². The maximum absolute atomic E-state index is 12.7. The summed E-state index contributed by atoms with van der Waals surface area (Å²) in [6.07, 6.45) is 6.30. The van der Waals surface area contributed by atoms with E-state index in [0.29, 0.717) is 29.0 Å². The largest absolute Gasteiger partial charge is 0.454 e. The summed E-state index contributed by atoms with van der Waals surface area (Å²) >= 11 is 1.41. The molecule has 0 N–H and O–H groups in total. The topological polar surface area (TPSA) is 85.3 Å². The lowest BCUT2D eigenvalue weighted by Crippen LogP contribution is -2.37. The molecular weight excluding hydrogens is 412 g/mol. The van der Waals surface area contributed by atoms with Gasteiger partial charge in [-0.2, -0.15) is 4.99 Å². The number of carbonyl (C=O) groups excluding carboxylic acids is 1. The van der Waals surface area contributed by atoms with Gasteiger partial charge >= 0.3 is 0 Å². The lowest BCUT2D eigenvalue weighted by molar-refractivity contribution is -0.118. The second-order valence-corrected chi connectivity index (χ2v) is 11.6. The number of amides is 1. The first-order valence-corrected chi connectivity index (χ1v) is 12.9. The van der Waals surface area contributed by atoms with Crippen LogP contribution in [0.5, 0.6) is 11.5 Å². The molecule has 0 aromatic heterocycles. The first-order valence-electron chi connectivity index (χ1n) is 10.2. The van der Waals surface area contributed by atoms with E-state index in [9.17, 15) is 13.2 Å². The number of hydrogen-bond donors (Lipinski definition) is 0. The molecule has 2 saturated heterocycles. The Bertz CT molecular complexity index is 956. The van der Waals surface area contributed by atoms with Crippen LogP contribution in [0.3, 0.4) is 0 Å². The molecule has 1 aliphatic carbocycles. The Morgan fingerprint density at radius 3 is 2.76 bits per heavy atom. The SMILES string of the molecule is O=C(CC1CCCCC1)N=C1S[C@H]2CS(=O)(=O)C[C@@H]2N1c1ccc2c(c1)OCO2. The molecule has 5 rings (SSSR count). The Labute approximate surface area is 174 Å². The zero-order chi connectivity index (χ0) is 20.0. The minimum absolute atomic E-state index is 0.0783. The maximum atomic E-state index is 12.7. The third kappa shape index (κ3) is 3.86. The molecule has 29 heavy (non-hydrogen) atoms. The van der Waals surface area contributed by atoms with E-state index in [1.165, 1.54) is 31.0 Å². The number of aliphatic imine (C=N–C) groups is 1. The average molecular weight is 437 g/mol. The summed E-state index contributed by atoms with van der Waals surface area (Å²) in [6.45, 7) is 0.175. The molecule has 3 heterocycles. The van der Waals surface area contributed by atoms with Gasteiger partial charge in [0.05, 0.1) is 17.5 Å². The van der Waals surface area contributed by atoms with Crippen molar-refractivity contribution in [1.29, 1.82) is 0 Å². The van der Waals surface area contributed by atoms with Crippen LogP contribution in [-0.4, -0.2) is 49.1 Å². The van der Waals surface area contributed by atoms with Crippen molar-refractivity contribution in [1.82, 2.24) is 0 Å². The van der Waals surface area contributed by atoms with Crippen LogP contribution in [0.25, 0.3) is 0 Å². The third-order valence-corrected chi connectivity index (χ3v) is 9.32. The highest BCUT2D eigenvalue weighted by Crippen LogP contribution is 2.44. The number of nitrogens with zero attached hydrogens (tertiary/aromatic N) is 2. The predicted octanol–water partition coefficient (Wildman–Crippen LogP) is 2.99. The van der Waals surface area contributed by atoms with Crippen LogP contribution in [0, 0.1) is 5.92 Å². The average Bonchev–Trinajstić information content (AvgIpc) is 3.33. The predicted molar refractivity (Wildman–Crippen MR) is 112 cm³/mol. The number of anilines is 1. The van der Waals surface area contributed by atoms with E-state index < -0.39 is 9.84 Å². The third-order valence-electron chi connectivity index (χ3n) is 6.11. The number of ether oxygens (including phenoxy) is 2. The molecule has 4 aliphatic rings. The van der Waals surface area contributed by atoms with E-state index >= 15 is 0 Å². The molecule has 1 amide bonds. The highest BCUT2D eigenvalue weighted by atomic mass is 32.2. The first kappa shape index (κ1) is 19.2. The van der Waals surface area contributed by atoms with E-state index in [1.807, 2.05) is 23.1 Å². The minimum Gasteiger partial charge on any atom is -0.454 e. The molecule has 0 bridgehead atoms. The Balaban J connectivity index is 1.43. The van der Waals surface area contributed by atoms with Gasteiger partial charge in [-0.05, 0) is 30.9 Å². The van der Waals surface area contributed by atoms with E-state index in [2.05, 4.69) is 4.99 Å². The maximum Gasteiger partial charge on any atom is 0.248 e. The smallest absolute Gasteiger partial charge is 0.248 e. The monoisotopic (exact) mass is 436 g/mol. The number of sulfone groups is 1. The lowest BCUT2D eigenvalue weighted by Gasteiger charge is -2.25. The molecular formula is C20H24N2O5S2. The fraction of sp³-hybridized carbons (Fsp3) is 0.600. The van der Waals surface area contributed by atoms with Crippen LogP contribution in [0.1, 0.15) is 38.5 Å². The van der Waals surface area contributed by atoms with Crippen molar-refractivity contribution < 1.29 is 22.7 Å². The summed E-state index contributed by atoms with van der Waals surface area (Å²) in [7, 11) is -3.09. The minimum atomic E-state index is -3.09. The summed E-state index contributed by atoms with van der Waals surface area (Å²) in [4.78, 5) is 19.1. The Kier molecular flexibility index (Phi) is 4.98. The van der Waals surface area contributed by atoms with Crippen molar-refractivity contribution in [2.24, 2.45) is 10.9 Å². The Morgan fingerprint density at radius 2 is 1.93 bits per heavy atom. The normalized spacial score (nSPS) is 29.4. The first-order chi connectivity index (χ1) is 14.0. The molecule has 1 aromatic carbocycles. The van der Waals surface area contributed by atoms with E-state index in [0.717, 1.165) is 18.5 Å². The van der Waals surface area contributed by atoms with Crippen LogP contribution in [0.4, 0.5) is 5.69 Å². The Morgan fingerprint density at radius 1 is 1.14 bits per heavy atom. The van der Waals surface area contributed by atoms with E-state index in [4.69, 9.17) is 9.47 Å². The molecule has 3 fully saturated rings. The van der Waals surface area contributed by atoms with Crippen LogP contribution in [0.15, 0.2) is 23.2 Å². The quantitative estimate of drug-likeness (QED) is 0.720. The number of hydrogen-bond acceptors (Lipinski definition) is 6. The molecule has 1 saturated carbocycles. The highest BCUT2D eigenvalue weighted by Gasteiger charge is 2.49. The van der Waals surface area contributed by atoms with Gasteiger partial charge in [0.1, 0.15) is 0 Å². The zero-order valence-electron chi connectivity index (χ0n) is 16.1. The van der Waals surface area contributed by atoms with Gasteiger partial charge in [0.2, 0.25) is 12.7 Å². The molecule has 9 heteroatoms. The van der Waals surface area contributed by atoms with Gasteiger partial charge in [-0.15, -0.1) is 0 Å². The van der Waals surface area contributed by atoms with Crippen molar-refractivity contribution in [3.8, 4) is 11.5 Å². The molecule has 1 aromatic rings. The van der Waals surface area contributed by atoms with Crippen molar-refractivity contribution in [2.45, 2.75) is 49.8 Å². The van der Waals surface area contributed by atoms with Gasteiger partial charge < -0.3 is 14.4 Å². The second kappa shape index (κ2) is 7.50. The molecule has 7 nitrogen and oxygen atoms in total. The fourth-order valence-electron chi connectivity index (χ4n) is 4.69. The molecule has 2 atom stereocenters. The van der Waals surface area contributed by atoms with Crippen molar-refractivity contribution in [3.63, 3.8) is 0 Å². The van der Waals surface area contributed by atoms with Crippen LogP contribution in [0.2, 0.25) is 0 Å². The lowest BCUT2D eigenvalue weighted by atomic mass is 9.87. The summed E-state index contributed by atoms with van der Waals surface area (Å²) in [5.41, 5.74) is 0.788. The summed E-state index contributed by atoms with van der Waals surface area (Å²) < 4.78 is 35.3. The number of thioether (sulfide) groups is 1. The number of fused-ring (bicyclic) bond motifs is 2. The van der Waals surface area contributed by atoms with Gasteiger partial charge in [-0.25, -0.2) is 8.42 Å². The van der Waals surface area contributed by atoms with Gasteiger partial charge in [0.15, 0.2) is 26.5 Å². The summed E-state index contributed by atoms with van der Waals surface area (Å²) in [5, 5.41) is 0.501. The zero-order valence-corrected chi connectivity index (χ0v) is 17.7. The highest BCUT2D eigenvalue weighted by molar-refractivity contribution is 8.16. The van der Waals surface area contributed by atoms with Crippen molar-refractivity contribution in [3.05, 3.63) is 18.2 Å². The van der Waals surface area contributed by atoms with Crippen LogP contribution in [-0.2, 0) is 14.6 Å². The number of rotatable bonds is 3. The van der Waals surface area contributed by atoms with Crippen LogP contribution < -0.4 is 14.4 Å². The molecule has 0 spiro atoms. The fourth-order valence-corrected chi connectivity index (χ4v) is 8.62.